The van der Waals surface area contributed by atoms with Gasteiger partial charge in [0.2, 0.25) is 0 Å². The molecule has 1 atom stereocenters. The number of hydrogen-bond donors (Lipinski definition) is 1. The van der Waals surface area contributed by atoms with E-state index in [1.54, 1.807) is 4.31 Å². The minimum atomic E-state index is -3.21. The van der Waals surface area contributed by atoms with Crippen LogP contribution in [-0.2, 0) is 10.2 Å². The van der Waals surface area contributed by atoms with E-state index in [-0.39, 0.29) is 6.04 Å². The van der Waals surface area contributed by atoms with Gasteiger partial charge in [-0.2, -0.15) is 17.4 Å². The van der Waals surface area contributed by atoms with Crippen molar-refractivity contribution in [3.05, 3.63) is 0 Å². The Labute approximate surface area is 86.9 Å². The third kappa shape index (κ3) is 3.22. The van der Waals surface area contributed by atoms with Gasteiger partial charge in [0.25, 0.3) is 10.2 Å². The summed E-state index contributed by atoms with van der Waals surface area (Å²) in [6.07, 6.45) is 3.95. The molecule has 0 saturated carbocycles. The summed E-state index contributed by atoms with van der Waals surface area (Å²) in [5.74, 6) is 0. The monoisotopic (exact) mass is 220 g/mol. The summed E-state index contributed by atoms with van der Waals surface area (Å²) in [6, 6.07) is 0.0296. The van der Waals surface area contributed by atoms with Crippen LogP contribution >= 0.6 is 0 Å². The van der Waals surface area contributed by atoms with Crippen molar-refractivity contribution in [2.45, 2.75) is 45.6 Å². The fourth-order valence-electron chi connectivity index (χ4n) is 1.52. The van der Waals surface area contributed by atoms with Crippen LogP contribution in [0.5, 0.6) is 0 Å². The van der Waals surface area contributed by atoms with E-state index >= 15 is 0 Å². The minimum absolute atomic E-state index is 0.0296. The highest BCUT2D eigenvalue weighted by atomic mass is 32.2. The molecule has 1 rings (SSSR count). The average Bonchev–Trinajstić information content (AvgIpc) is 2.18. The molecule has 0 spiro atoms. The third-order valence-electron chi connectivity index (χ3n) is 2.62. The summed E-state index contributed by atoms with van der Waals surface area (Å²) in [5.41, 5.74) is 0. The van der Waals surface area contributed by atoms with E-state index in [4.69, 9.17) is 0 Å². The van der Waals surface area contributed by atoms with E-state index in [2.05, 4.69) is 4.72 Å². The van der Waals surface area contributed by atoms with Crippen molar-refractivity contribution in [2.24, 2.45) is 0 Å². The molecule has 1 unspecified atom stereocenters. The van der Waals surface area contributed by atoms with Crippen LogP contribution in [0.1, 0.15) is 39.5 Å². The molecular weight excluding hydrogens is 200 g/mol. The molecule has 1 heterocycles. The second-order valence-corrected chi connectivity index (χ2v) is 5.59. The first-order chi connectivity index (χ1) is 6.56. The quantitative estimate of drug-likeness (QED) is 0.771. The Balaban J connectivity index is 2.54. The molecule has 5 heteroatoms. The third-order valence-corrected chi connectivity index (χ3v) is 4.36. The molecular formula is C9H20N2O2S. The second kappa shape index (κ2) is 5.09. The Morgan fingerprint density at radius 1 is 1.29 bits per heavy atom. The predicted octanol–water partition coefficient (Wildman–Crippen LogP) is 1.11. The first-order valence-corrected chi connectivity index (χ1v) is 6.77. The molecule has 1 aliphatic rings. The number of rotatable bonds is 4. The standard InChI is InChI=1S/C9H20N2O2S/c1-3-9(2)10-14(12,13)11-7-5-4-6-8-11/h9-10H,3-8H2,1-2H3. The lowest BCUT2D eigenvalue weighted by Gasteiger charge is -2.27. The van der Waals surface area contributed by atoms with Crippen LogP contribution in [0.25, 0.3) is 0 Å². The van der Waals surface area contributed by atoms with Crippen LogP contribution in [0.4, 0.5) is 0 Å². The van der Waals surface area contributed by atoms with Crippen LogP contribution < -0.4 is 4.72 Å². The summed E-state index contributed by atoms with van der Waals surface area (Å²) in [6.45, 7) is 5.21. The van der Waals surface area contributed by atoms with Gasteiger partial charge in [0, 0.05) is 19.1 Å². The van der Waals surface area contributed by atoms with Crippen molar-refractivity contribution < 1.29 is 8.42 Å². The summed E-state index contributed by atoms with van der Waals surface area (Å²) < 4.78 is 27.8. The number of nitrogens with zero attached hydrogens (tertiary/aromatic N) is 1. The summed E-state index contributed by atoms with van der Waals surface area (Å²) in [7, 11) is -3.21. The van der Waals surface area contributed by atoms with Gasteiger partial charge in [0.05, 0.1) is 0 Å². The molecule has 1 fully saturated rings. The predicted molar refractivity (Wildman–Crippen MR) is 57.2 cm³/mol. The largest absolute Gasteiger partial charge is 0.279 e. The van der Waals surface area contributed by atoms with Crippen molar-refractivity contribution in [3.8, 4) is 0 Å². The van der Waals surface area contributed by atoms with Crippen LogP contribution in [0.2, 0.25) is 0 Å². The fraction of sp³-hybridized carbons (Fsp3) is 1.00. The first kappa shape index (κ1) is 11.9. The number of hydrogen-bond acceptors (Lipinski definition) is 2. The van der Waals surface area contributed by atoms with Crippen LogP contribution in [0.3, 0.4) is 0 Å². The van der Waals surface area contributed by atoms with Gasteiger partial charge in [-0.25, -0.2) is 0 Å². The van der Waals surface area contributed by atoms with E-state index in [1.165, 1.54) is 0 Å². The Kier molecular flexibility index (Phi) is 4.34. The second-order valence-electron chi connectivity index (χ2n) is 3.89. The summed E-state index contributed by atoms with van der Waals surface area (Å²) in [4.78, 5) is 0. The Hall–Kier alpha value is -0.130. The van der Waals surface area contributed by atoms with Gasteiger partial charge in [-0.05, 0) is 26.2 Å². The normalized spacial score (nSPS) is 22.1. The van der Waals surface area contributed by atoms with Crippen molar-refractivity contribution in [1.82, 2.24) is 9.03 Å². The topological polar surface area (TPSA) is 49.4 Å². The maximum absolute atomic E-state index is 11.8. The zero-order chi connectivity index (χ0) is 10.6. The van der Waals surface area contributed by atoms with E-state index < -0.39 is 10.2 Å². The molecule has 14 heavy (non-hydrogen) atoms. The summed E-state index contributed by atoms with van der Waals surface area (Å²) >= 11 is 0. The SMILES string of the molecule is CCC(C)NS(=O)(=O)N1CCCCC1. The zero-order valence-corrected chi connectivity index (χ0v) is 9.81. The van der Waals surface area contributed by atoms with E-state index in [0.29, 0.717) is 13.1 Å². The van der Waals surface area contributed by atoms with E-state index in [1.807, 2.05) is 13.8 Å². The van der Waals surface area contributed by atoms with Crippen LogP contribution in [-0.4, -0.2) is 31.9 Å². The van der Waals surface area contributed by atoms with Crippen molar-refractivity contribution in [1.29, 1.82) is 0 Å². The molecule has 0 radical (unpaired) electrons. The number of piperidine rings is 1. The van der Waals surface area contributed by atoms with Gasteiger partial charge in [-0.3, -0.25) is 0 Å². The van der Waals surface area contributed by atoms with Gasteiger partial charge in [-0.1, -0.05) is 13.3 Å². The molecule has 0 amide bonds. The van der Waals surface area contributed by atoms with E-state index in [0.717, 1.165) is 25.7 Å². The molecule has 0 aromatic carbocycles. The first-order valence-electron chi connectivity index (χ1n) is 5.33. The van der Waals surface area contributed by atoms with Gasteiger partial charge in [-0.15, -0.1) is 0 Å². The molecule has 0 aromatic heterocycles. The Morgan fingerprint density at radius 3 is 2.36 bits per heavy atom. The highest BCUT2D eigenvalue weighted by Crippen LogP contribution is 2.12. The minimum Gasteiger partial charge on any atom is -0.199 e. The van der Waals surface area contributed by atoms with Crippen molar-refractivity contribution in [3.63, 3.8) is 0 Å². The number of nitrogens with one attached hydrogen (secondary N) is 1. The fourth-order valence-corrected chi connectivity index (χ4v) is 3.08. The molecule has 1 N–H and O–H groups in total. The van der Waals surface area contributed by atoms with E-state index in [9.17, 15) is 8.42 Å². The lowest BCUT2D eigenvalue weighted by Crippen LogP contribution is -2.46. The van der Waals surface area contributed by atoms with Gasteiger partial charge >= 0.3 is 0 Å². The van der Waals surface area contributed by atoms with Crippen molar-refractivity contribution in [2.75, 3.05) is 13.1 Å². The lowest BCUT2D eigenvalue weighted by molar-refractivity contribution is 0.338. The van der Waals surface area contributed by atoms with Crippen LogP contribution in [0, 0.1) is 0 Å². The Bertz CT molecular complexity index is 258. The molecule has 1 saturated heterocycles. The highest BCUT2D eigenvalue weighted by molar-refractivity contribution is 7.87. The Morgan fingerprint density at radius 2 is 1.86 bits per heavy atom. The summed E-state index contributed by atoms with van der Waals surface area (Å²) in [5, 5.41) is 0. The van der Waals surface area contributed by atoms with Gasteiger partial charge < -0.3 is 0 Å². The maximum Gasteiger partial charge on any atom is 0.279 e. The van der Waals surface area contributed by atoms with Gasteiger partial charge in [0.15, 0.2) is 0 Å². The molecule has 0 bridgehead atoms. The average molecular weight is 220 g/mol. The highest BCUT2D eigenvalue weighted by Gasteiger charge is 2.24. The van der Waals surface area contributed by atoms with Gasteiger partial charge in [0.1, 0.15) is 0 Å². The smallest absolute Gasteiger partial charge is 0.199 e. The molecule has 4 nitrogen and oxygen atoms in total. The maximum atomic E-state index is 11.8. The molecule has 84 valence electrons. The lowest BCUT2D eigenvalue weighted by atomic mass is 10.2. The van der Waals surface area contributed by atoms with Crippen LogP contribution in [0.15, 0.2) is 0 Å². The molecule has 0 aromatic rings. The molecule has 0 aliphatic carbocycles. The molecule has 1 aliphatic heterocycles. The zero-order valence-electron chi connectivity index (χ0n) is 8.99. The van der Waals surface area contributed by atoms with Crippen molar-refractivity contribution >= 4 is 10.2 Å².